The van der Waals surface area contributed by atoms with E-state index in [1.807, 2.05) is 17.8 Å². The summed E-state index contributed by atoms with van der Waals surface area (Å²) in [5, 5.41) is 9.12. The summed E-state index contributed by atoms with van der Waals surface area (Å²) in [6, 6.07) is 1.41. The Morgan fingerprint density at radius 2 is 2.16 bits per heavy atom. The highest BCUT2D eigenvalue weighted by Crippen LogP contribution is 2.11. The molecule has 2 aromatic heterocycles. The van der Waals surface area contributed by atoms with Gasteiger partial charge in [0.1, 0.15) is 11.5 Å². The molecule has 0 aliphatic carbocycles. The number of Topliss-reactive ketones (excluding diaryl/α,β-unsaturated/α-hetero) is 1. The summed E-state index contributed by atoms with van der Waals surface area (Å²) >= 11 is 0. The highest BCUT2D eigenvalue weighted by atomic mass is 16.4. The van der Waals surface area contributed by atoms with Crippen LogP contribution in [0.4, 0.5) is 0 Å². The van der Waals surface area contributed by atoms with E-state index in [4.69, 9.17) is 5.11 Å². The van der Waals surface area contributed by atoms with Crippen LogP contribution in [0.2, 0.25) is 0 Å². The van der Waals surface area contributed by atoms with Crippen molar-refractivity contribution in [3.05, 3.63) is 41.7 Å². The Morgan fingerprint density at radius 1 is 1.42 bits per heavy atom. The molecule has 0 aliphatic heterocycles. The van der Waals surface area contributed by atoms with Gasteiger partial charge in [-0.1, -0.05) is 0 Å². The Kier molecular flexibility index (Phi) is 3.50. The fraction of sp³-hybridized carbons (Fsp3) is 0.308. The van der Waals surface area contributed by atoms with Gasteiger partial charge in [-0.2, -0.15) is 0 Å². The van der Waals surface area contributed by atoms with Gasteiger partial charge in [0.15, 0.2) is 5.78 Å². The number of hydrogen-bond donors (Lipinski definition) is 1. The minimum Gasteiger partial charge on any atom is -0.477 e. The Bertz CT molecular complexity index is 625. The molecule has 0 aliphatic rings. The summed E-state index contributed by atoms with van der Waals surface area (Å²) in [6.07, 6.45) is 5.72. The average Bonchev–Trinajstić information content (AvgIpc) is 2.92. The Balaban J connectivity index is 2.21. The molecule has 0 atom stereocenters. The molecule has 0 saturated heterocycles. The smallest absolute Gasteiger partial charge is 0.352 e. The lowest BCUT2D eigenvalue weighted by Crippen LogP contribution is -2.11. The van der Waals surface area contributed by atoms with Gasteiger partial charge in [0.25, 0.3) is 0 Å². The maximum Gasteiger partial charge on any atom is 0.352 e. The van der Waals surface area contributed by atoms with Crippen LogP contribution >= 0.6 is 0 Å². The topological polar surface area (TPSA) is 77.1 Å². The molecule has 0 amide bonds. The number of hydrogen-bond acceptors (Lipinski definition) is 3. The predicted molar refractivity (Wildman–Crippen MR) is 68.3 cm³/mol. The molecule has 0 bridgehead atoms. The molecule has 0 spiro atoms. The fourth-order valence-electron chi connectivity index (χ4n) is 1.92. The minimum atomic E-state index is -1.03. The quantitative estimate of drug-likeness (QED) is 0.824. The molecule has 0 saturated carbocycles. The Hall–Kier alpha value is -2.37. The van der Waals surface area contributed by atoms with Crippen LogP contribution in [0.1, 0.15) is 33.6 Å². The lowest BCUT2D eigenvalue weighted by Gasteiger charge is -2.06. The van der Waals surface area contributed by atoms with Gasteiger partial charge < -0.3 is 14.2 Å². The molecule has 6 heteroatoms. The largest absolute Gasteiger partial charge is 0.477 e. The van der Waals surface area contributed by atoms with Crippen molar-refractivity contribution >= 4 is 11.8 Å². The van der Waals surface area contributed by atoms with E-state index in [1.165, 1.54) is 13.0 Å². The number of carbonyl (C=O) groups excluding carboxylic acids is 1. The molecule has 6 nitrogen and oxygen atoms in total. The van der Waals surface area contributed by atoms with Crippen LogP contribution in [0.25, 0.3) is 0 Å². The molecule has 1 N–H and O–H groups in total. The molecule has 2 heterocycles. The van der Waals surface area contributed by atoms with Crippen molar-refractivity contribution in [3.8, 4) is 0 Å². The number of carbonyl (C=O) groups is 2. The zero-order valence-corrected chi connectivity index (χ0v) is 10.8. The molecule has 2 rings (SSSR count). The van der Waals surface area contributed by atoms with E-state index in [0.717, 1.165) is 5.82 Å². The third kappa shape index (κ3) is 2.73. The zero-order chi connectivity index (χ0) is 14.0. The Morgan fingerprint density at radius 3 is 2.68 bits per heavy atom. The predicted octanol–water partition coefficient (Wildman–Crippen LogP) is 1.37. The number of aryl methyl sites for hydroxylation is 3. The third-order valence-corrected chi connectivity index (χ3v) is 3.02. The number of rotatable bonds is 5. The lowest BCUT2D eigenvalue weighted by atomic mass is 10.2. The maximum absolute atomic E-state index is 11.3. The van der Waals surface area contributed by atoms with Gasteiger partial charge in [0.2, 0.25) is 0 Å². The monoisotopic (exact) mass is 261 g/mol. The number of nitrogens with zero attached hydrogens (tertiary/aromatic N) is 3. The molecular weight excluding hydrogens is 246 g/mol. The third-order valence-electron chi connectivity index (χ3n) is 3.02. The van der Waals surface area contributed by atoms with Crippen LogP contribution in [0.15, 0.2) is 24.7 Å². The standard InChI is InChI=1S/C13H15N3O3/c1-9(17)10-7-11(13(18)19)16(8-10)5-3-12-14-4-6-15(12)2/h4,6-8H,3,5H2,1-2H3,(H,18,19). The fourth-order valence-corrected chi connectivity index (χ4v) is 1.92. The summed E-state index contributed by atoms with van der Waals surface area (Å²) in [6.45, 7) is 1.89. The van der Waals surface area contributed by atoms with Crippen LogP contribution < -0.4 is 0 Å². The molecule has 2 aromatic rings. The van der Waals surface area contributed by atoms with Crippen molar-refractivity contribution in [1.29, 1.82) is 0 Å². The minimum absolute atomic E-state index is 0.124. The molecule has 0 aromatic carbocycles. The van der Waals surface area contributed by atoms with Gasteiger partial charge in [-0.15, -0.1) is 0 Å². The molecule has 0 radical (unpaired) electrons. The highest BCUT2D eigenvalue weighted by molar-refractivity contribution is 5.97. The first-order valence-corrected chi connectivity index (χ1v) is 5.89. The Labute approximate surface area is 110 Å². The number of ketones is 1. The summed E-state index contributed by atoms with van der Waals surface area (Å²) in [7, 11) is 1.89. The molecular formula is C13H15N3O3. The van der Waals surface area contributed by atoms with E-state index >= 15 is 0 Å². The molecule has 100 valence electrons. The maximum atomic E-state index is 11.3. The van der Waals surface area contributed by atoms with Crippen LogP contribution in [0.5, 0.6) is 0 Å². The van der Waals surface area contributed by atoms with Crippen molar-refractivity contribution in [2.75, 3.05) is 0 Å². The van der Waals surface area contributed by atoms with Crippen molar-refractivity contribution in [2.24, 2.45) is 7.05 Å². The van der Waals surface area contributed by atoms with Crippen molar-refractivity contribution < 1.29 is 14.7 Å². The van der Waals surface area contributed by atoms with Gasteiger partial charge in [-0.05, 0) is 13.0 Å². The number of aromatic nitrogens is 3. The number of carboxylic acid groups (broad SMARTS) is 1. The van der Waals surface area contributed by atoms with E-state index in [9.17, 15) is 9.59 Å². The molecule has 0 unspecified atom stereocenters. The van der Waals surface area contributed by atoms with E-state index in [-0.39, 0.29) is 11.5 Å². The van der Waals surface area contributed by atoms with Crippen LogP contribution in [0, 0.1) is 0 Å². The zero-order valence-electron chi connectivity index (χ0n) is 10.8. The first-order valence-electron chi connectivity index (χ1n) is 5.89. The van der Waals surface area contributed by atoms with Gasteiger partial charge in [0.05, 0.1) is 0 Å². The van der Waals surface area contributed by atoms with Crippen molar-refractivity contribution in [2.45, 2.75) is 19.9 Å². The van der Waals surface area contributed by atoms with Gasteiger partial charge in [-0.3, -0.25) is 4.79 Å². The summed E-state index contributed by atoms with van der Waals surface area (Å²) in [5.74, 6) is -0.306. The average molecular weight is 261 g/mol. The summed E-state index contributed by atoms with van der Waals surface area (Å²) < 4.78 is 3.46. The van der Waals surface area contributed by atoms with Crippen LogP contribution in [0.3, 0.4) is 0 Å². The van der Waals surface area contributed by atoms with Crippen LogP contribution in [-0.4, -0.2) is 31.0 Å². The first kappa shape index (κ1) is 13.1. The highest BCUT2D eigenvalue weighted by Gasteiger charge is 2.14. The summed E-state index contributed by atoms with van der Waals surface area (Å²) in [4.78, 5) is 26.6. The number of imidazole rings is 1. The van der Waals surface area contributed by atoms with E-state index in [2.05, 4.69) is 4.98 Å². The number of carboxylic acids is 1. The normalized spacial score (nSPS) is 10.6. The second kappa shape index (κ2) is 5.09. The van der Waals surface area contributed by atoms with Gasteiger partial charge in [0, 0.05) is 44.2 Å². The van der Waals surface area contributed by atoms with Gasteiger partial charge >= 0.3 is 5.97 Å². The summed E-state index contributed by atoms with van der Waals surface area (Å²) in [5.41, 5.74) is 0.539. The van der Waals surface area contributed by atoms with Gasteiger partial charge in [-0.25, -0.2) is 9.78 Å². The molecule has 19 heavy (non-hydrogen) atoms. The van der Waals surface area contributed by atoms with Crippen molar-refractivity contribution in [1.82, 2.24) is 14.1 Å². The van der Waals surface area contributed by atoms with Crippen LogP contribution in [-0.2, 0) is 20.0 Å². The first-order chi connectivity index (χ1) is 8.99. The van der Waals surface area contributed by atoms with Crippen molar-refractivity contribution in [3.63, 3.8) is 0 Å². The lowest BCUT2D eigenvalue weighted by molar-refractivity contribution is 0.0685. The van der Waals surface area contributed by atoms with E-state index in [0.29, 0.717) is 18.5 Å². The van der Waals surface area contributed by atoms with E-state index < -0.39 is 5.97 Å². The molecule has 0 fully saturated rings. The second-order valence-corrected chi connectivity index (χ2v) is 4.37. The second-order valence-electron chi connectivity index (χ2n) is 4.37. The number of aromatic carboxylic acids is 1. The SMILES string of the molecule is CC(=O)c1cc(C(=O)O)n(CCc2nccn2C)c1. The van der Waals surface area contributed by atoms with E-state index in [1.54, 1.807) is 17.0 Å².